The molecule has 0 bridgehead atoms. The second-order valence-electron chi connectivity index (χ2n) is 5.74. The molecule has 0 radical (unpaired) electrons. The van der Waals surface area contributed by atoms with Gasteiger partial charge in [0, 0.05) is 5.88 Å². The highest BCUT2D eigenvalue weighted by Gasteiger charge is 2.06. The third kappa shape index (κ3) is 9.51. The van der Waals surface area contributed by atoms with Crippen LogP contribution in [0.25, 0.3) is 0 Å². The summed E-state index contributed by atoms with van der Waals surface area (Å²) in [7, 11) is 0. The summed E-state index contributed by atoms with van der Waals surface area (Å²) in [6, 6.07) is 0. The lowest BCUT2D eigenvalue weighted by molar-refractivity contribution is 0.398. The number of hydrogen-bond acceptors (Lipinski definition) is 0. The van der Waals surface area contributed by atoms with E-state index in [0.717, 1.165) is 17.7 Å². The topological polar surface area (TPSA) is 0 Å². The Morgan fingerprint density at radius 3 is 1.62 bits per heavy atom. The normalized spacial score (nSPS) is 17.1. The van der Waals surface area contributed by atoms with Gasteiger partial charge >= 0.3 is 0 Å². The fourth-order valence-corrected chi connectivity index (χ4v) is 2.21. The highest BCUT2D eigenvalue weighted by atomic mass is 35.5. The SMILES string of the molecule is CCC(C)CCCC(C)CCCC(C)CCl. The van der Waals surface area contributed by atoms with E-state index in [2.05, 4.69) is 27.7 Å². The molecule has 0 rings (SSSR count). The van der Waals surface area contributed by atoms with Gasteiger partial charge in [0.2, 0.25) is 0 Å². The number of halogens is 1. The molecule has 0 N–H and O–H groups in total. The molecule has 3 unspecified atom stereocenters. The predicted octanol–water partition coefficient (Wildman–Crippen LogP) is 5.88. The minimum atomic E-state index is 0.703. The van der Waals surface area contributed by atoms with Crippen LogP contribution in [0.2, 0.25) is 0 Å². The molecule has 1 heteroatoms. The first-order chi connectivity index (χ1) is 7.60. The van der Waals surface area contributed by atoms with Crippen LogP contribution in [0.15, 0.2) is 0 Å². The Hall–Kier alpha value is 0.290. The molecule has 0 aromatic carbocycles. The monoisotopic (exact) mass is 246 g/mol. The van der Waals surface area contributed by atoms with Crippen molar-refractivity contribution >= 4 is 11.6 Å². The van der Waals surface area contributed by atoms with E-state index < -0.39 is 0 Å². The molecule has 0 aromatic rings. The number of alkyl halides is 1. The van der Waals surface area contributed by atoms with E-state index >= 15 is 0 Å². The van der Waals surface area contributed by atoms with Crippen LogP contribution in [-0.2, 0) is 0 Å². The molecule has 0 saturated carbocycles. The zero-order valence-electron chi connectivity index (χ0n) is 11.8. The van der Waals surface area contributed by atoms with Crippen molar-refractivity contribution < 1.29 is 0 Å². The van der Waals surface area contributed by atoms with Gasteiger partial charge in [0.25, 0.3) is 0 Å². The van der Waals surface area contributed by atoms with E-state index in [1.165, 1.54) is 44.9 Å². The van der Waals surface area contributed by atoms with Crippen LogP contribution in [0.1, 0.15) is 72.6 Å². The summed E-state index contributed by atoms with van der Waals surface area (Å²) in [5.41, 5.74) is 0. The van der Waals surface area contributed by atoms with Crippen LogP contribution in [0, 0.1) is 17.8 Å². The van der Waals surface area contributed by atoms with Crippen molar-refractivity contribution in [1.82, 2.24) is 0 Å². The standard InChI is InChI=1S/C15H31Cl/c1-5-13(2)8-6-9-14(3)10-7-11-15(4)12-16/h13-15H,5-12H2,1-4H3. The molecule has 0 aliphatic carbocycles. The third-order valence-corrected chi connectivity index (χ3v) is 4.27. The Morgan fingerprint density at radius 2 is 1.19 bits per heavy atom. The molecular weight excluding hydrogens is 216 g/mol. The van der Waals surface area contributed by atoms with Crippen molar-refractivity contribution in [3.8, 4) is 0 Å². The van der Waals surface area contributed by atoms with Crippen molar-refractivity contribution in [2.45, 2.75) is 72.6 Å². The van der Waals surface area contributed by atoms with Gasteiger partial charge in [0.15, 0.2) is 0 Å². The van der Waals surface area contributed by atoms with Crippen LogP contribution < -0.4 is 0 Å². The first-order valence-corrected chi connectivity index (χ1v) is 7.69. The van der Waals surface area contributed by atoms with Gasteiger partial charge in [-0.15, -0.1) is 11.6 Å². The van der Waals surface area contributed by atoms with E-state index in [4.69, 9.17) is 11.6 Å². The Kier molecular flexibility index (Phi) is 10.6. The van der Waals surface area contributed by atoms with Gasteiger partial charge in [0.05, 0.1) is 0 Å². The van der Waals surface area contributed by atoms with Gasteiger partial charge < -0.3 is 0 Å². The minimum absolute atomic E-state index is 0.703. The van der Waals surface area contributed by atoms with Crippen LogP contribution in [0.5, 0.6) is 0 Å². The second kappa shape index (κ2) is 10.4. The van der Waals surface area contributed by atoms with Crippen molar-refractivity contribution in [2.75, 3.05) is 5.88 Å². The first-order valence-electron chi connectivity index (χ1n) is 7.16. The van der Waals surface area contributed by atoms with Crippen molar-refractivity contribution in [3.05, 3.63) is 0 Å². The fourth-order valence-electron chi connectivity index (χ4n) is 2.06. The molecular formula is C15H31Cl. The van der Waals surface area contributed by atoms with E-state index in [0.29, 0.717) is 5.92 Å². The van der Waals surface area contributed by atoms with Crippen molar-refractivity contribution in [1.29, 1.82) is 0 Å². The minimum Gasteiger partial charge on any atom is -0.126 e. The van der Waals surface area contributed by atoms with Crippen molar-refractivity contribution in [3.63, 3.8) is 0 Å². The van der Waals surface area contributed by atoms with Crippen LogP contribution in [-0.4, -0.2) is 5.88 Å². The predicted molar refractivity (Wildman–Crippen MR) is 76.2 cm³/mol. The molecule has 16 heavy (non-hydrogen) atoms. The van der Waals surface area contributed by atoms with Crippen LogP contribution >= 0.6 is 11.6 Å². The molecule has 0 amide bonds. The highest BCUT2D eigenvalue weighted by Crippen LogP contribution is 2.20. The summed E-state index contributed by atoms with van der Waals surface area (Å²) in [5, 5.41) is 0. The van der Waals surface area contributed by atoms with E-state index in [9.17, 15) is 0 Å². The van der Waals surface area contributed by atoms with Gasteiger partial charge in [-0.2, -0.15) is 0 Å². The zero-order chi connectivity index (χ0) is 12.4. The molecule has 0 aromatic heterocycles. The average Bonchev–Trinajstić information content (AvgIpc) is 2.28. The molecule has 0 saturated heterocycles. The molecule has 0 nitrogen and oxygen atoms in total. The Morgan fingerprint density at radius 1 is 0.750 bits per heavy atom. The van der Waals surface area contributed by atoms with Gasteiger partial charge in [0.1, 0.15) is 0 Å². The summed E-state index contributed by atoms with van der Waals surface area (Å²) < 4.78 is 0. The molecule has 0 aliphatic heterocycles. The summed E-state index contributed by atoms with van der Waals surface area (Å²) in [5.74, 6) is 3.35. The van der Waals surface area contributed by atoms with E-state index in [1.54, 1.807) is 0 Å². The lowest BCUT2D eigenvalue weighted by Crippen LogP contribution is -2.01. The third-order valence-electron chi connectivity index (χ3n) is 3.75. The summed E-state index contributed by atoms with van der Waals surface area (Å²) in [6.07, 6.45) is 9.64. The zero-order valence-corrected chi connectivity index (χ0v) is 12.5. The lowest BCUT2D eigenvalue weighted by Gasteiger charge is -2.14. The van der Waals surface area contributed by atoms with Gasteiger partial charge in [-0.25, -0.2) is 0 Å². The van der Waals surface area contributed by atoms with Crippen molar-refractivity contribution in [2.24, 2.45) is 17.8 Å². The summed E-state index contributed by atoms with van der Waals surface area (Å²) >= 11 is 5.80. The smallest absolute Gasteiger partial charge is 0.0249 e. The quantitative estimate of drug-likeness (QED) is 0.422. The summed E-state index contributed by atoms with van der Waals surface area (Å²) in [4.78, 5) is 0. The second-order valence-corrected chi connectivity index (χ2v) is 6.05. The fraction of sp³-hybridized carbons (Fsp3) is 1.00. The first kappa shape index (κ1) is 16.3. The van der Waals surface area contributed by atoms with Gasteiger partial charge in [-0.05, 0) is 24.2 Å². The van der Waals surface area contributed by atoms with Crippen LogP contribution in [0.4, 0.5) is 0 Å². The Balaban J connectivity index is 3.34. The van der Waals surface area contributed by atoms with Gasteiger partial charge in [-0.1, -0.05) is 66.2 Å². The molecule has 98 valence electrons. The van der Waals surface area contributed by atoms with Gasteiger partial charge in [-0.3, -0.25) is 0 Å². The lowest BCUT2D eigenvalue weighted by atomic mass is 9.93. The highest BCUT2D eigenvalue weighted by molar-refractivity contribution is 6.18. The van der Waals surface area contributed by atoms with E-state index in [1.807, 2.05) is 0 Å². The molecule has 0 fully saturated rings. The molecule has 0 spiro atoms. The van der Waals surface area contributed by atoms with E-state index in [-0.39, 0.29) is 0 Å². The number of rotatable bonds is 10. The summed E-state index contributed by atoms with van der Waals surface area (Å²) in [6.45, 7) is 9.32. The largest absolute Gasteiger partial charge is 0.126 e. The average molecular weight is 247 g/mol. The maximum absolute atomic E-state index is 5.80. The molecule has 0 aliphatic rings. The molecule has 0 heterocycles. The maximum Gasteiger partial charge on any atom is 0.0249 e. The number of hydrogen-bond donors (Lipinski definition) is 0. The molecule has 3 atom stereocenters. The maximum atomic E-state index is 5.80. The Bertz CT molecular complexity index is 128. The Labute approximate surface area is 108 Å². The van der Waals surface area contributed by atoms with Crippen LogP contribution in [0.3, 0.4) is 0 Å².